The molecular weight excluding hydrogens is 394 g/mol. The number of benzene rings is 1. The van der Waals surface area contributed by atoms with Gasteiger partial charge in [0.05, 0.1) is 31.0 Å². The molecule has 2 heterocycles. The molecule has 0 aliphatic carbocycles. The zero-order valence-corrected chi connectivity index (χ0v) is 17.6. The molecule has 0 unspecified atom stereocenters. The van der Waals surface area contributed by atoms with Gasteiger partial charge in [0.2, 0.25) is 5.91 Å². The Kier molecular flexibility index (Phi) is 7.22. The molecule has 2 N–H and O–H groups in total. The lowest BCUT2D eigenvalue weighted by Crippen LogP contribution is -2.23. The molecule has 1 aromatic carbocycles. The molecule has 8 heteroatoms. The number of hydrogen-bond donors (Lipinski definition) is 2. The van der Waals surface area contributed by atoms with E-state index in [4.69, 9.17) is 9.68 Å². The van der Waals surface area contributed by atoms with Gasteiger partial charge in [0.25, 0.3) is 5.91 Å². The Balaban J connectivity index is 1.46. The second kappa shape index (κ2) is 10.3. The van der Waals surface area contributed by atoms with E-state index < -0.39 is 0 Å². The number of furan rings is 1. The van der Waals surface area contributed by atoms with Crippen molar-refractivity contribution in [2.75, 3.05) is 5.32 Å². The highest BCUT2D eigenvalue weighted by Crippen LogP contribution is 2.16. The lowest BCUT2D eigenvalue weighted by molar-refractivity contribution is -0.121. The molecule has 0 saturated carbocycles. The number of nitrogens with one attached hydrogen (secondary N) is 2. The van der Waals surface area contributed by atoms with Crippen molar-refractivity contribution in [3.63, 3.8) is 0 Å². The van der Waals surface area contributed by atoms with Crippen molar-refractivity contribution in [1.82, 2.24) is 15.1 Å². The van der Waals surface area contributed by atoms with E-state index in [2.05, 4.69) is 21.8 Å². The molecule has 0 aliphatic heterocycles. The van der Waals surface area contributed by atoms with Crippen LogP contribution in [0.1, 0.15) is 45.9 Å². The fourth-order valence-corrected chi connectivity index (χ4v) is 3.30. The summed E-state index contributed by atoms with van der Waals surface area (Å²) in [7, 11) is 0. The summed E-state index contributed by atoms with van der Waals surface area (Å²) in [4.78, 5) is 24.3. The van der Waals surface area contributed by atoms with Gasteiger partial charge < -0.3 is 15.1 Å². The Hall–Kier alpha value is -3.86. The third kappa shape index (κ3) is 5.82. The lowest BCUT2D eigenvalue weighted by atomic mass is 10.1. The Morgan fingerprint density at radius 3 is 2.65 bits per heavy atom. The summed E-state index contributed by atoms with van der Waals surface area (Å²) in [5.41, 5.74) is 4.55. The first kappa shape index (κ1) is 21.8. The molecule has 3 aromatic rings. The average molecular weight is 419 g/mol. The predicted molar refractivity (Wildman–Crippen MR) is 115 cm³/mol. The van der Waals surface area contributed by atoms with Gasteiger partial charge in [-0.25, -0.2) is 0 Å². The van der Waals surface area contributed by atoms with Crippen LogP contribution in [0.5, 0.6) is 0 Å². The lowest BCUT2D eigenvalue weighted by Gasteiger charge is -2.08. The monoisotopic (exact) mass is 419 g/mol. The average Bonchev–Trinajstić information content (AvgIpc) is 3.39. The maximum absolute atomic E-state index is 12.3. The molecule has 2 aromatic heterocycles. The second-order valence-corrected chi connectivity index (χ2v) is 7.19. The van der Waals surface area contributed by atoms with Crippen LogP contribution in [0.15, 0.2) is 47.1 Å². The van der Waals surface area contributed by atoms with E-state index in [-0.39, 0.29) is 17.6 Å². The van der Waals surface area contributed by atoms with E-state index in [9.17, 15) is 9.59 Å². The Morgan fingerprint density at radius 1 is 1.19 bits per heavy atom. The first-order chi connectivity index (χ1) is 15.0. The van der Waals surface area contributed by atoms with E-state index in [1.807, 2.05) is 30.7 Å². The zero-order valence-electron chi connectivity index (χ0n) is 17.6. The van der Waals surface area contributed by atoms with Crippen LogP contribution in [0.2, 0.25) is 0 Å². The van der Waals surface area contributed by atoms with Crippen molar-refractivity contribution >= 4 is 17.5 Å². The molecule has 3 rings (SSSR count). The third-order valence-electron chi connectivity index (χ3n) is 5.02. The number of carbonyl (C=O) groups is 2. The van der Waals surface area contributed by atoms with Crippen molar-refractivity contribution in [1.29, 1.82) is 5.26 Å². The standard InChI is InChI=1S/C23H25N5O3/c1-16-20(17(2)28(27-16)13-4-12-24)10-11-22(29)25-15-18-6-8-19(9-7-18)26-23(30)21-5-3-14-31-21/h3,5-9,14H,4,10-11,13,15H2,1-2H3,(H,25,29)(H,26,30). The van der Waals surface area contributed by atoms with Gasteiger partial charge in [-0.15, -0.1) is 0 Å². The van der Waals surface area contributed by atoms with Gasteiger partial charge in [-0.2, -0.15) is 10.4 Å². The summed E-state index contributed by atoms with van der Waals surface area (Å²) in [5.74, 6) is -0.108. The summed E-state index contributed by atoms with van der Waals surface area (Å²) >= 11 is 0. The summed E-state index contributed by atoms with van der Waals surface area (Å²) < 4.78 is 6.90. The summed E-state index contributed by atoms with van der Waals surface area (Å²) in [5, 5.41) is 18.9. The van der Waals surface area contributed by atoms with Crippen LogP contribution in [0.25, 0.3) is 0 Å². The Labute approximate surface area is 180 Å². The number of carbonyl (C=O) groups excluding carboxylic acids is 2. The minimum Gasteiger partial charge on any atom is -0.459 e. The minimum absolute atomic E-state index is 0.0428. The van der Waals surface area contributed by atoms with Crippen molar-refractivity contribution < 1.29 is 14.0 Å². The maximum Gasteiger partial charge on any atom is 0.291 e. The molecule has 8 nitrogen and oxygen atoms in total. The number of aromatic nitrogens is 2. The van der Waals surface area contributed by atoms with E-state index >= 15 is 0 Å². The van der Waals surface area contributed by atoms with Crippen LogP contribution < -0.4 is 10.6 Å². The topological polar surface area (TPSA) is 113 Å². The summed E-state index contributed by atoms with van der Waals surface area (Å²) in [6.45, 7) is 4.87. The van der Waals surface area contributed by atoms with Crippen LogP contribution in [0, 0.1) is 25.2 Å². The molecule has 0 fully saturated rings. The number of aryl methyl sites for hydroxylation is 2. The molecule has 0 atom stereocenters. The molecule has 0 aliphatic rings. The number of anilines is 1. The van der Waals surface area contributed by atoms with Gasteiger partial charge in [0.1, 0.15) is 0 Å². The molecule has 0 spiro atoms. The Morgan fingerprint density at radius 2 is 1.97 bits per heavy atom. The predicted octanol–water partition coefficient (Wildman–Crippen LogP) is 3.51. The van der Waals surface area contributed by atoms with Crippen LogP contribution in [-0.4, -0.2) is 21.6 Å². The molecule has 31 heavy (non-hydrogen) atoms. The summed E-state index contributed by atoms with van der Waals surface area (Å²) in [6, 6.07) is 12.6. The Bertz CT molecular complexity index is 1080. The van der Waals surface area contributed by atoms with Crippen LogP contribution in [-0.2, 0) is 24.3 Å². The van der Waals surface area contributed by atoms with Crippen LogP contribution >= 0.6 is 0 Å². The maximum atomic E-state index is 12.3. The number of nitrogens with zero attached hydrogens (tertiary/aromatic N) is 3. The van der Waals surface area contributed by atoms with E-state index in [0.717, 1.165) is 22.5 Å². The second-order valence-electron chi connectivity index (χ2n) is 7.19. The number of rotatable bonds is 9. The number of hydrogen-bond acceptors (Lipinski definition) is 5. The molecule has 0 saturated heterocycles. The van der Waals surface area contributed by atoms with Crippen molar-refractivity contribution in [2.24, 2.45) is 0 Å². The van der Waals surface area contributed by atoms with Gasteiger partial charge in [0.15, 0.2) is 5.76 Å². The number of amides is 2. The highest BCUT2D eigenvalue weighted by atomic mass is 16.3. The van der Waals surface area contributed by atoms with Crippen LogP contribution in [0.3, 0.4) is 0 Å². The fraction of sp³-hybridized carbons (Fsp3) is 0.304. The van der Waals surface area contributed by atoms with Gasteiger partial charge in [-0.1, -0.05) is 12.1 Å². The van der Waals surface area contributed by atoms with Crippen LogP contribution in [0.4, 0.5) is 5.69 Å². The normalized spacial score (nSPS) is 10.5. The first-order valence-electron chi connectivity index (χ1n) is 10.1. The molecule has 0 radical (unpaired) electrons. The smallest absolute Gasteiger partial charge is 0.291 e. The first-order valence-corrected chi connectivity index (χ1v) is 10.1. The van der Waals surface area contributed by atoms with E-state index in [0.29, 0.717) is 38.0 Å². The highest BCUT2D eigenvalue weighted by Gasteiger charge is 2.13. The quantitative estimate of drug-likeness (QED) is 0.551. The van der Waals surface area contributed by atoms with Crippen molar-refractivity contribution in [2.45, 2.75) is 46.2 Å². The largest absolute Gasteiger partial charge is 0.459 e. The molecular formula is C23H25N5O3. The molecule has 0 bridgehead atoms. The van der Waals surface area contributed by atoms with Crippen molar-refractivity contribution in [3.05, 3.63) is 70.9 Å². The van der Waals surface area contributed by atoms with E-state index in [1.54, 1.807) is 24.3 Å². The SMILES string of the molecule is Cc1nn(CCC#N)c(C)c1CCC(=O)NCc1ccc(NC(=O)c2ccco2)cc1. The van der Waals surface area contributed by atoms with Gasteiger partial charge >= 0.3 is 0 Å². The summed E-state index contributed by atoms with van der Waals surface area (Å²) in [6.07, 6.45) is 2.83. The van der Waals surface area contributed by atoms with E-state index in [1.165, 1.54) is 6.26 Å². The van der Waals surface area contributed by atoms with Gasteiger partial charge in [0, 0.05) is 24.3 Å². The third-order valence-corrected chi connectivity index (χ3v) is 5.02. The fourth-order valence-electron chi connectivity index (χ4n) is 3.30. The molecule has 160 valence electrons. The highest BCUT2D eigenvalue weighted by molar-refractivity contribution is 6.02. The zero-order chi connectivity index (χ0) is 22.2. The van der Waals surface area contributed by atoms with Gasteiger partial charge in [-0.3, -0.25) is 14.3 Å². The number of nitriles is 1. The van der Waals surface area contributed by atoms with Gasteiger partial charge in [-0.05, 0) is 55.7 Å². The minimum atomic E-state index is -0.312. The van der Waals surface area contributed by atoms with Crippen molar-refractivity contribution in [3.8, 4) is 6.07 Å². The molecule has 2 amide bonds.